The Kier molecular flexibility index (Phi) is 5.48. The van der Waals surface area contributed by atoms with Gasteiger partial charge in [0.15, 0.2) is 0 Å². The van der Waals surface area contributed by atoms with Gasteiger partial charge in [-0.15, -0.1) is 0 Å². The molecule has 0 amide bonds. The smallest absolute Gasteiger partial charge is 0.0945 e. The largest absolute Gasteiger partial charge is 0.390 e. The molecule has 0 spiro atoms. The molecule has 1 aliphatic rings. The van der Waals surface area contributed by atoms with E-state index >= 15 is 0 Å². The topological polar surface area (TPSA) is 29.5 Å². The van der Waals surface area contributed by atoms with Crippen LogP contribution in [0.3, 0.4) is 0 Å². The zero-order chi connectivity index (χ0) is 14.6. The normalized spacial score (nSPS) is 28.3. The number of aliphatic hydroxyl groups is 1. The van der Waals surface area contributed by atoms with E-state index in [0.717, 1.165) is 29.8 Å². The Labute approximate surface area is 127 Å². The van der Waals surface area contributed by atoms with Crippen LogP contribution in [0.5, 0.6) is 0 Å². The fourth-order valence-corrected chi connectivity index (χ4v) is 3.65. The van der Waals surface area contributed by atoms with Crippen molar-refractivity contribution in [3.8, 4) is 0 Å². The maximum Gasteiger partial charge on any atom is 0.0945 e. The number of benzene rings is 1. The Morgan fingerprint density at radius 3 is 2.95 bits per heavy atom. The molecule has 112 valence electrons. The van der Waals surface area contributed by atoms with Crippen molar-refractivity contribution < 1.29 is 9.84 Å². The maximum atomic E-state index is 10.7. The molecule has 20 heavy (non-hydrogen) atoms. The lowest BCUT2D eigenvalue weighted by Crippen LogP contribution is -2.49. The van der Waals surface area contributed by atoms with Gasteiger partial charge in [0.05, 0.1) is 11.7 Å². The highest BCUT2D eigenvalue weighted by Gasteiger charge is 2.41. The minimum Gasteiger partial charge on any atom is -0.390 e. The van der Waals surface area contributed by atoms with Crippen LogP contribution in [-0.2, 0) is 11.2 Å². The Bertz CT molecular complexity index is 431. The molecule has 0 aromatic heterocycles. The molecule has 0 radical (unpaired) electrons. The summed E-state index contributed by atoms with van der Waals surface area (Å²) in [4.78, 5) is 0. The Morgan fingerprint density at radius 2 is 2.30 bits per heavy atom. The fraction of sp³-hybridized carbons (Fsp3) is 0.647. The number of hydrogen-bond donors (Lipinski definition) is 1. The maximum absolute atomic E-state index is 10.7. The molecule has 0 saturated heterocycles. The molecule has 2 nitrogen and oxygen atoms in total. The second kappa shape index (κ2) is 6.93. The summed E-state index contributed by atoms with van der Waals surface area (Å²) in [5, 5.41) is 11.5. The molecule has 3 heteroatoms. The number of ether oxygens (including phenoxy) is 1. The Balaban J connectivity index is 2.12. The number of rotatable bonds is 5. The third-order valence-electron chi connectivity index (χ3n) is 4.35. The van der Waals surface area contributed by atoms with Gasteiger partial charge in [0.25, 0.3) is 0 Å². The number of aliphatic hydroxyl groups excluding tert-OH is 1. The minimum atomic E-state index is -0.469. The molecular formula is C17H25ClO2. The van der Waals surface area contributed by atoms with Crippen LogP contribution in [-0.4, -0.2) is 23.4 Å². The highest BCUT2D eigenvalue weighted by Crippen LogP contribution is 2.38. The first-order chi connectivity index (χ1) is 9.55. The van der Waals surface area contributed by atoms with Gasteiger partial charge in [-0.25, -0.2) is 0 Å². The summed E-state index contributed by atoms with van der Waals surface area (Å²) in [5.74, 6) is 0.615. The van der Waals surface area contributed by atoms with Crippen molar-refractivity contribution in [3.63, 3.8) is 0 Å². The van der Waals surface area contributed by atoms with Crippen LogP contribution in [0.4, 0.5) is 0 Å². The van der Waals surface area contributed by atoms with Gasteiger partial charge < -0.3 is 9.84 Å². The standard InChI is InChI=1S/C17H25ClO2/c1-3-20-17(9-5-6-13(2)12-17)16(19)11-14-7-4-8-15(18)10-14/h4,7-8,10,13,16,19H,3,5-6,9,11-12H2,1-2H3. The van der Waals surface area contributed by atoms with Crippen molar-refractivity contribution in [2.24, 2.45) is 5.92 Å². The van der Waals surface area contributed by atoms with Crippen molar-refractivity contribution in [1.29, 1.82) is 0 Å². The summed E-state index contributed by atoms with van der Waals surface area (Å²) < 4.78 is 6.02. The van der Waals surface area contributed by atoms with Gasteiger partial charge in [-0.2, -0.15) is 0 Å². The van der Waals surface area contributed by atoms with Crippen molar-refractivity contribution in [2.45, 2.75) is 57.7 Å². The van der Waals surface area contributed by atoms with E-state index in [9.17, 15) is 5.11 Å². The average molecular weight is 297 g/mol. The third-order valence-corrected chi connectivity index (χ3v) is 4.58. The van der Waals surface area contributed by atoms with Crippen LogP contribution >= 0.6 is 11.6 Å². The van der Waals surface area contributed by atoms with Crippen LogP contribution in [0, 0.1) is 5.92 Å². The summed E-state index contributed by atoms with van der Waals surface area (Å²) in [7, 11) is 0. The van der Waals surface area contributed by atoms with Gasteiger partial charge in [-0.05, 0) is 43.4 Å². The molecule has 0 aliphatic heterocycles. The second-order valence-corrected chi connectivity index (χ2v) is 6.49. The van der Waals surface area contributed by atoms with E-state index in [1.54, 1.807) is 0 Å². The minimum absolute atomic E-state index is 0.380. The number of hydrogen-bond acceptors (Lipinski definition) is 2. The van der Waals surface area contributed by atoms with Gasteiger partial charge in [-0.3, -0.25) is 0 Å². The molecule has 1 aromatic rings. The van der Waals surface area contributed by atoms with E-state index in [1.807, 2.05) is 31.2 Å². The molecular weight excluding hydrogens is 272 g/mol. The fourth-order valence-electron chi connectivity index (χ4n) is 3.43. The van der Waals surface area contributed by atoms with Crippen LogP contribution in [0.25, 0.3) is 0 Å². The predicted octanol–water partition coefficient (Wildman–Crippen LogP) is 4.23. The monoisotopic (exact) mass is 296 g/mol. The van der Waals surface area contributed by atoms with Gasteiger partial charge in [0, 0.05) is 18.1 Å². The van der Waals surface area contributed by atoms with E-state index in [4.69, 9.17) is 16.3 Å². The van der Waals surface area contributed by atoms with Gasteiger partial charge in [0.2, 0.25) is 0 Å². The molecule has 1 aromatic carbocycles. The molecule has 1 fully saturated rings. The summed E-state index contributed by atoms with van der Waals surface area (Å²) in [6.45, 7) is 4.91. The molecule has 0 heterocycles. The SMILES string of the molecule is CCOC1(C(O)Cc2cccc(Cl)c2)CCCC(C)C1. The Hall–Kier alpha value is -0.570. The quantitative estimate of drug-likeness (QED) is 0.881. The van der Waals surface area contributed by atoms with E-state index in [2.05, 4.69) is 6.92 Å². The first kappa shape index (κ1) is 15.8. The molecule has 1 aliphatic carbocycles. The van der Waals surface area contributed by atoms with E-state index in [1.165, 1.54) is 6.42 Å². The van der Waals surface area contributed by atoms with Crippen LogP contribution < -0.4 is 0 Å². The lowest BCUT2D eigenvalue weighted by Gasteiger charge is -2.43. The van der Waals surface area contributed by atoms with E-state index in [-0.39, 0.29) is 5.60 Å². The molecule has 0 bridgehead atoms. The van der Waals surface area contributed by atoms with Crippen molar-refractivity contribution >= 4 is 11.6 Å². The molecule has 3 atom stereocenters. The van der Waals surface area contributed by atoms with Crippen molar-refractivity contribution in [1.82, 2.24) is 0 Å². The summed E-state index contributed by atoms with van der Waals surface area (Å²) in [6.07, 6.45) is 4.40. The zero-order valence-electron chi connectivity index (χ0n) is 12.4. The lowest BCUT2D eigenvalue weighted by atomic mass is 9.74. The first-order valence-corrected chi connectivity index (χ1v) is 8.00. The van der Waals surface area contributed by atoms with Crippen molar-refractivity contribution in [2.75, 3.05) is 6.61 Å². The molecule has 1 N–H and O–H groups in total. The summed E-state index contributed by atoms with van der Waals surface area (Å²) >= 11 is 6.02. The summed E-state index contributed by atoms with van der Waals surface area (Å²) in [5.41, 5.74) is 0.691. The average Bonchev–Trinajstić information content (AvgIpc) is 2.39. The molecule has 3 unspecified atom stereocenters. The summed E-state index contributed by atoms with van der Waals surface area (Å²) in [6, 6.07) is 7.73. The second-order valence-electron chi connectivity index (χ2n) is 6.05. The van der Waals surface area contributed by atoms with Gasteiger partial charge >= 0.3 is 0 Å². The number of halogens is 1. The molecule has 2 rings (SSSR count). The van der Waals surface area contributed by atoms with Gasteiger partial charge in [-0.1, -0.05) is 43.5 Å². The predicted molar refractivity (Wildman–Crippen MR) is 83.2 cm³/mol. The Morgan fingerprint density at radius 1 is 1.50 bits per heavy atom. The highest BCUT2D eigenvalue weighted by atomic mass is 35.5. The van der Waals surface area contributed by atoms with E-state index in [0.29, 0.717) is 18.9 Å². The van der Waals surface area contributed by atoms with Crippen LogP contribution in [0.1, 0.15) is 45.1 Å². The zero-order valence-corrected chi connectivity index (χ0v) is 13.2. The highest BCUT2D eigenvalue weighted by molar-refractivity contribution is 6.30. The first-order valence-electron chi connectivity index (χ1n) is 7.62. The van der Waals surface area contributed by atoms with E-state index < -0.39 is 6.10 Å². The molecule has 1 saturated carbocycles. The van der Waals surface area contributed by atoms with Crippen LogP contribution in [0.2, 0.25) is 5.02 Å². The lowest BCUT2D eigenvalue weighted by molar-refractivity contribution is -0.147. The van der Waals surface area contributed by atoms with Crippen molar-refractivity contribution in [3.05, 3.63) is 34.9 Å². The van der Waals surface area contributed by atoms with Gasteiger partial charge in [0.1, 0.15) is 0 Å². The third kappa shape index (κ3) is 3.75. The van der Waals surface area contributed by atoms with Crippen LogP contribution in [0.15, 0.2) is 24.3 Å².